The van der Waals surface area contributed by atoms with Gasteiger partial charge in [-0.05, 0) is 17.7 Å². The Kier molecular flexibility index (Phi) is 4.21. The monoisotopic (exact) mass is 316 g/mol. The molecule has 0 saturated carbocycles. The highest BCUT2D eigenvalue weighted by Gasteiger charge is 2.48. The predicted octanol–water partition coefficient (Wildman–Crippen LogP) is 3.08. The van der Waals surface area contributed by atoms with Crippen LogP contribution in [0.1, 0.15) is 18.2 Å². The van der Waals surface area contributed by atoms with Crippen LogP contribution in [0.4, 0.5) is 8.78 Å². The number of nitrogens with zero attached hydrogens (tertiary/aromatic N) is 2. The molecule has 4 rings (SSSR count). The summed E-state index contributed by atoms with van der Waals surface area (Å²) in [7, 11) is 0. The van der Waals surface area contributed by atoms with E-state index in [1.54, 1.807) is 12.1 Å². The van der Waals surface area contributed by atoms with E-state index in [9.17, 15) is 8.78 Å². The lowest BCUT2D eigenvalue weighted by Gasteiger charge is -2.55. The van der Waals surface area contributed by atoms with E-state index in [1.165, 1.54) is 12.1 Å². The van der Waals surface area contributed by atoms with Gasteiger partial charge in [-0.1, -0.05) is 23.7 Å². The highest BCUT2D eigenvalue weighted by Crippen LogP contribution is 2.30. The van der Waals surface area contributed by atoms with Crippen LogP contribution in [0.25, 0.3) is 0 Å². The summed E-state index contributed by atoms with van der Waals surface area (Å²) >= 11 is 6.10. The number of quaternary nitrogens is 2. The maximum Gasteiger partial charge on any atom is 0.155 e. The Balaban J connectivity index is 1.58. The molecular formula is C16H23ClF2N2+2. The van der Waals surface area contributed by atoms with Crippen molar-refractivity contribution >= 4 is 11.6 Å². The topological polar surface area (TPSA) is 0 Å². The van der Waals surface area contributed by atoms with E-state index in [2.05, 4.69) is 0 Å². The van der Waals surface area contributed by atoms with Gasteiger partial charge < -0.3 is 4.48 Å². The molecule has 3 aliphatic heterocycles. The van der Waals surface area contributed by atoms with Crippen LogP contribution in [0.15, 0.2) is 24.3 Å². The summed E-state index contributed by atoms with van der Waals surface area (Å²) in [6.45, 7) is 7.48. The highest BCUT2D eigenvalue weighted by molar-refractivity contribution is 6.17. The SMILES string of the molecule is Fc1cccc(C(F)CC[N+]23CC[N+](CCl)(CC2)CC3)c1. The maximum atomic E-state index is 14.3. The fourth-order valence-electron chi connectivity index (χ4n) is 3.71. The van der Waals surface area contributed by atoms with Crippen LogP contribution in [0, 0.1) is 5.82 Å². The number of hydrogen-bond acceptors (Lipinski definition) is 0. The Labute approximate surface area is 130 Å². The zero-order valence-corrected chi connectivity index (χ0v) is 13.0. The van der Waals surface area contributed by atoms with E-state index in [-0.39, 0.29) is 5.82 Å². The molecule has 0 amide bonds. The van der Waals surface area contributed by atoms with Gasteiger partial charge >= 0.3 is 0 Å². The largest absolute Gasteiger partial charge is 0.310 e. The summed E-state index contributed by atoms with van der Waals surface area (Å²) in [5, 5.41) is 0. The molecule has 3 saturated heterocycles. The van der Waals surface area contributed by atoms with E-state index < -0.39 is 6.17 Å². The normalized spacial score (nSPS) is 33.1. The third-order valence-electron chi connectivity index (χ3n) is 5.47. The van der Waals surface area contributed by atoms with E-state index in [0.29, 0.717) is 18.0 Å². The number of alkyl halides is 2. The molecule has 3 fully saturated rings. The molecule has 2 bridgehead atoms. The average molecular weight is 317 g/mol. The van der Waals surface area contributed by atoms with Crippen LogP contribution in [-0.4, -0.2) is 60.8 Å². The van der Waals surface area contributed by atoms with Gasteiger partial charge in [-0.15, -0.1) is 0 Å². The minimum Gasteiger partial charge on any atom is -0.310 e. The second-order valence-corrected chi connectivity index (χ2v) is 6.92. The van der Waals surface area contributed by atoms with Crippen molar-refractivity contribution in [3.05, 3.63) is 35.6 Å². The first-order valence-electron chi connectivity index (χ1n) is 7.72. The van der Waals surface area contributed by atoms with Crippen molar-refractivity contribution in [1.82, 2.24) is 0 Å². The molecule has 0 spiro atoms. The minimum absolute atomic E-state index is 0.359. The Morgan fingerprint density at radius 3 is 2.24 bits per heavy atom. The molecule has 0 aromatic heterocycles. The van der Waals surface area contributed by atoms with E-state index in [4.69, 9.17) is 11.6 Å². The second kappa shape index (κ2) is 5.82. The summed E-state index contributed by atoms with van der Waals surface area (Å²) in [5.74, 6) is -0.359. The van der Waals surface area contributed by atoms with Crippen molar-refractivity contribution in [3.8, 4) is 0 Å². The third kappa shape index (κ3) is 3.08. The van der Waals surface area contributed by atoms with Gasteiger partial charge in [0.15, 0.2) is 6.00 Å². The van der Waals surface area contributed by atoms with E-state index in [0.717, 1.165) is 54.8 Å². The molecule has 0 N–H and O–H groups in total. The van der Waals surface area contributed by atoms with Gasteiger partial charge in [0.05, 0.1) is 6.54 Å². The van der Waals surface area contributed by atoms with Crippen molar-refractivity contribution in [2.24, 2.45) is 0 Å². The van der Waals surface area contributed by atoms with Crippen LogP contribution in [-0.2, 0) is 0 Å². The lowest BCUT2D eigenvalue weighted by atomic mass is 10.0. The van der Waals surface area contributed by atoms with Crippen LogP contribution in [0.5, 0.6) is 0 Å². The van der Waals surface area contributed by atoms with Gasteiger partial charge in [-0.3, -0.25) is 4.48 Å². The van der Waals surface area contributed by atoms with Gasteiger partial charge in [-0.2, -0.15) is 0 Å². The van der Waals surface area contributed by atoms with Crippen LogP contribution < -0.4 is 0 Å². The molecule has 116 valence electrons. The first-order valence-corrected chi connectivity index (χ1v) is 8.26. The maximum absolute atomic E-state index is 14.3. The quantitative estimate of drug-likeness (QED) is 0.445. The Hall–Kier alpha value is -0.710. The predicted molar refractivity (Wildman–Crippen MR) is 80.2 cm³/mol. The van der Waals surface area contributed by atoms with Crippen molar-refractivity contribution < 1.29 is 17.7 Å². The van der Waals surface area contributed by atoms with Crippen LogP contribution in [0.2, 0.25) is 0 Å². The van der Waals surface area contributed by atoms with Crippen molar-refractivity contribution in [2.45, 2.75) is 12.6 Å². The molecule has 21 heavy (non-hydrogen) atoms. The Morgan fingerprint density at radius 1 is 1.05 bits per heavy atom. The number of piperazine rings is 3. The fraction of sp³-hybridized carbons (Fsp3) is 0.625. The molecule has 0 aliphatic carbocycles. The lowest BCUT2D eigenvalue weighted by molar-refractivity contribution is -1.08. The van der Waals surface area contributed by atoms with Gasteiger partial charge in [0.2, 0.25) is 0 Å². The summed E-state index contributed by atoms with van der Waals surface area (Å²) in [5.41, 5.74) is 0.466. The molecule has 3 heterocycles. The lowest BCUT2D eigenvalue weighted by Crippen LogP contribution is -2.74. The van der Waals surface area contributed by atoms with Crippen molar-refractivity contribution in [1.29, 1.82) is 0 Å². The molecule has 5 heteroatoms. The van der Waals surface area contributed by atoms with Gasteiger partial charge in [0, 0.05) is 6.42 Å². The van der Waals surface area contributed by atoms with Crippen LogP contribution >= 0.6 is 11.6 Å². The first kappa shape index (κ1) is 15.2. The summed E-state index contributed by atoms with van der Waals surface area (Å²) in [4.78, 5) is 0. The average Bonchev–Trinajstić information content (AvgIpc) is 2.54. The van der Waals surface area contributed by atoms with Gasteiger partial charge in [-0.25, -0.2) is 8.78 Å². The summed E-state index contributed by atoms with van der Waals surface area (Å²) in [6.07, 6.45) is -0.589. The molecule has 1 atom stereocenters. The van der Waals surface area contributed by atoms with Gasteiger partial charge in [0.25, 0.3) is 0 Å². The Bertz CT molecular complexity index is 484. The summed E-state index contributed by atoms with van der Waals surface area (Å²) in [6, 6.07) is 6.63. The molecule has 3 aliphatic rings. The van der Waals surface area contributed by atoms with Crippen molar-refractivity contribution in [3.63, 3.8) is 0 Å². The van der Waals surface area contributed by atoms with Crippen molar-refractivity contribution in [2.75, 3.05) is 51.8 Å². The third-order valence-corrected chi connectivity index (χ3v) is 5.97. The number of hydrogen-bond donors (Lipinski definition) is 0. The standard InChI is InChI=1S/C16H23ClF2N2/c17-13-21-9-6-20(7-10-21,8-11-21)5-4-16(19)14-2-1-3-15(18)12-14/h1-3,12,16H,4-11,13H2/q+2. The first-order chi connectivity index (χ1) is 10.1. The highest BCUT2D eigenvalue weighted by atomic mass is 35.5. The smallest absolute Gasteiger partial charge is 0.155 e. The zero-order valence-electron chi connectivity index (χ0n) is 12.3. The van der Waals surface area contributed by atoms with E-state index >= 15 is 0 Å². The molecule has 0 radical (unpaired) electrons. The number of halogens is 3. The molecule has 2 nitrogen and oxygen atoms in total. The van der Waals surface area contributed by atoms with Gasteiger partial charge in [0.1, 0.15) is 51.3 Å². The second-order valence-electron chi connectivity index (χ2n) is 6.68. The number of fused-ring (bicyclic) bond motifs is 3. The molecule has 1 aromatic carbocycles. The Morgan fingerprint density at radius 2 is 1.67 bits per heavy atom. The van der Waals surface area contributed by atoms with Crippen LogP contribution in [0.3, 0.4) is 0 Å². The minimum atomic E-state index is -1.07. The molecular weight excluding hydrogens is 294 g/mol. The zero-order chi connectivity index (χ0) is 14.9. The molecule has 1 unspecified atom stereocenters. The fourth-order valence-corrected chi connectivity index (χ4v) is 4.07. The molecule has 1 aromatic rings. The number of rotatable bonds is 5. The summed E-state index contributed by atoms with van der Waals surface area (Å²) < 4.78 is 29.5. The number of benzene rings is 1. The van der Waals surface area contributed by atoms with E-state index in [1.807, 2.05) is 0 Å².